The number of likely N-dealkylation sites (N-methyl/N-ethyl adjacent to an activating group) is 1. The third kappa shape index (κ3) is 4.42. The number of nitrogens with two attached hydrogens (primary N) is 1. The topological polar surface area (TPSA) is 47.7 Å². The Labute approximate surface area is 118 Å². The normalized spacial score (nSPS) is 21.0. The van der Waals surface area contributed by atoms with Gasteiger partial charge in [-0.2, -0.15) is 0 Å². The summed E-state index contributed by atoms with van der Waals surface area (Å²) in [6.45, 7) is 6.16. The summed E-state index contributed by atoms with van der Waals surface area (Å²) in [4.78, 5) is 2.58. The number of nitrogens with zero attached hydrogens (tertiary/aromatic N) is 1. The van der Waals surface area contributed by atoms with Gasteiger partial charge in [-0.15, -0.1) is 0 Å². The lowest BCUT2D eigenvalue weighted by atomic mass is 9.87. The Kier molecular flexibility index (Phi) is 7.29. The van der Waals surface area contributed by atoms with Crippen LogP contribution < -0.4 is 5.73 Å². The molecule has 0 saturated heterocycles. The summed E-state index contributed by atoms with van der Waals surface area (Å²) in [5.74, 6) is 0. The monoisotopic (exact) mass is 272 g/mol. The van der Waals surface area contributed by atoms with Crippen molar-refractivity contribution >= 4 is 0 Å². The number of rotatable bonds is 8. The van der Waals surface area contributed by atoms with E-state index < -0.39 is 0 Å². The lowest BCUT2D eigenvalue weighted by Crippen LogP contribution is -2.57. The highest BCUT2D eigenvalue weighted by molar-refractivity contribution is 4.92. The zero-order chi connectivity index (χ0) is 14.3. The third-order valence-electron chi connectivity index (χ3n) is 4.62. The maximum atomic E-state index is 6.10. The largest absolute Gasteiger partial charge is 0.356 e. The summed E-state index contributed by atoms with van der Waals surface area (Å²) in [6, 6.07) is 0.668. The van der Waals surface area contributed by atoms with Crippen molar-refractivity contribution < 1.29 is 9.47 Å². The lowest BCUT2D eigenvalue weighted by Gasteiger charge is -2.47. The molecule has 0 aromatic rings. The van der Waals surface area contributed by atoms with Crippen LogP contribution in [0.25, 0.3) is 0 Å². The van der Waals surface area contributed by atoms with Gasteiger partial charge < -0.3 is 15.2 Å². The molecule has 0 aromatic heterocycles. The van der Waals surface area contributed by atoms with Gasteiger partial charge in [0, 0.05) is 38.8 Å². The fourth-order valence-corrected chi connectivity index (χ4v) is 3.41. The highest BCUT2D eigenvalue weighted by Crippen LogP contribution is 2.30. The molecule has 0 bridgehead atoms. The van der Waals surface area contributed by atoms with Gasteiger partial charge in [-0.1, -0.05) is 26.2 Å². The molecule has 1 aliphatic carbocycles. The van der Waals surface area contributed by atoms with Gasteiger partial charge in [0.1, 0.15) is 0 Å². The van der Waals surface area contributed by atoms with Crippen LogP contribution >= 0.6 is 0 Å². The summed E-state index contributed by atoms with van der Waals surface area (Å²) in [5, 5.41) is 0. The van der Waals surface area contributed by atoms with Gasteiger partial charge in [0.25, 0.3) is 0 Å². The molecule has 1 atom stereocenters. The predicted molar refractivity (Wildman–Crippen MR) is 79.1 cm³/mol. The minimum Gasteiger partial charge on any atom is -0.356 e. The first kappa shape index (κ1) is 16.9. The summed E-state index contributed by atoms with van der Waals surface area (Å²) in [5.41, 5.74) is 6.05. The van der Waals surface area contributed by atoms with E-state index in [1.54, 1.807) is 14.2 Å². The van der Waals surface area contributed by atoms with Crippen molar-refractivity contribution in [2.24, 2.45) is 5.73 Å². The van der Waals surface area contributed by atoms with E-state index in [4.69, 9.17) is 15.2 Å². The summed E-state index contributed by atoms with van der Waals surface area (Å²) < 4.78 is 10.7. The number of ether oxygens (including phenoxy) is 2. The fourth-order valence-electron chi connectivity index (χ4n) is 3.41. The molecule has 19 heavy (non-hydrogen) atoms. The van der Waals surface area contributed by atoms with Crippen molar-refractivity contribution in [1.82, 2.24) is 4.90 Å². The van der Waals surface area contributed by atoms with Crippen LogP contribution in [0.3, 0.4) is 0 Å². The molecule has 0 amide bonds. The number of hydrogen-bond donors (Lipinski definition) is 1. The zero-order valence-corrected chi connectivity index (χ0v) is 13.2. The SMILES string of the molecule is CCN(C1CCCCC1)C(C)(CN)CC(OC)OC. The Morgan fingerprint density at radius 3 is 2.21 bits per heavy atom. The molecule has 1 fully saturated rings. The fraction of sp³-hybridized carbons (Fsp3) is 1.00. The molecule has 114 valence electrons. The first-order valence-corrected chi connectivity index (χ1v) is 7.63. The molecule has 2 N–H and O–H groups in total. The van der Waals surface area contributed by atoms with E-state index in [0.29, 0.717) is 12.6 Å². The van der Waals surface area contributed by atoms with Crippen LogP contribution in [0, 0.1) is 0 Å². The Morgan fingerprint density at radius 1 is 1.21 bits per heavy atom. The molecule has 1 aliphatic rings. The molecule has 0 aromatic carbocycles. The van der Waals surface area contributed by atoms with Crippen LogP contribution in [0.5, 0.6) is 0 Å². The molecule has 0 radical (unpaired) electrons. The Morgan fingerprint density at radius 2 is 1.79 bits per heavy atom. The lowest BCUT2D eigenvalue weighted by molar-refractivity contribution is -0.132. The molecule has 0 spiro atoms. The first-order chi connectivity index (χ1) is 9.11. The van der Waals surface area contributed by atoms with E-state index in [9.17, 15) is 0 Å². The van der Waals surface area contributed by atoms with Crippen molar-refractivity contribution in [3.05, 3.63) is 0 Å². The molecule has 4 nitrogen and oxygen atoms in total. The van der Waals surface area contributed by atoms with Gasteiger partial charge >= 0.3 is 0 Å². The number of methoxy groups -OCH3 is 2. The molecular weight excluding hydrogens is 240 g/mol. The summed E-state index contributed by atoms with van der Waals surface area (Å²) >= 11 is 0. The van der Waals surface area contributed by atoms with Gasteiger partial charge in [-0.25, -0.2) is 0 Å². The zero-order valence-electron chi connectivity index (χ0n) is 13.2. The second-order valence-corrected chi connectivity index (χ2v) is 5.88. The molecule has 1 rings (SSSR count). The van der Waals surface area contributed by atoms with E-state index in [2.05, 4.69) is 18.7 Å². The maximum absolute atomic E-state index is 6.10. The van der Waals surface area contributed by atoms with Gasteiger partial charge in [0.15, 0.2) is 6.29 Å². The second kappa shape index (κ2) is 8.20. The van der Waals surface area contributed by atoms with Crippen LogP contribution in [0.15, 0.2) is 0 Å². The average molecular weight is 272 g/mol. The highest BCUT2D eigenvalue weighted by atomic mass is 16.7. The van der Waals surface area contributed by atoms with E-state index in [-0.39, 0.29) is 11.8 Å². The van der Waals surface area contributed by atoms with E-state index in [1.807, 2.05) is 0 Å². The molecular formula is C15H32N2O2. The minimum atomic E-state index is -0.175. The van der Waals surface area contributed by atoms with Gasteiger partial charge in [-0.05, 0) is 26.3 Å². The average Bonchev–Trinajstić information content (AvgIpc) is 2.46. The maximum Gasteiger partial charge on any atom is 0.158 e. The first-order valence-electron chi connectivity index (χ1n) is 7.63. The summed E-state index contributed by atoms with van der Waals surface area (Å²) in [6.07, 6.45) is 7.32. The van der Waals surface area contributed by atoms with Crippen molar-refractivity contribution in [3.63, 3.8) is 0 Å². The molecule has 0 aliphatic heterocycles. The van der Waals surface area contributed by atoms with Crippen LogP contribution in [-0.4, -0.2) is 50.1 Å². The van der Waals surface area contributed by atoms with Crippen LogP contribution in [0.4, 0.5) is 0 Å². The standard InChI is InChI=1S/C15H32N2O2/c1-5-17(13-9-7-6-8-10-13)15(2,12-16)11-14(18-3)19-4/h13-14H,5-12,16H2,1-4H3. The van der Waals surface area contributed by atoms with Gasteiger partial charge in [0.05, 0.1) is 0 Å². The number of hydrogen-bond acceptors (Lipinski definition) is 4. The van der Waals surface area contributed by atoms with Crippen molar-refractivity contribution in [2.75, 3.05) is 27.3 Å². The molecule has 4 heteroatoms. The summed E-state index contributed by atoms with van der Waals surface area (Å²) in [7, 11) is 3.39. The molecule has 1 saturated carbocycles. The highest BCUT2D eigenvalue weighted by Gasteiger charge is 2.37. The third-order valence-corrected chi connectivity index (χ3v) is 4.62. The second-order valence-electron chi connectivity index (χ2n) is 5.88. The van der Waals surface area contributed by atoms with Gasteiger partial charge in [0.2, 0.25) is 0 Å². The Balaban J connectivity index is 2.76. The predicted octanol–water partition coefficient (Wildman–Crippen LogP) is 2.37. The van der Waals surface area contributed by atoms with Crippen molar-refractivity contribution in [2.45, 2.75) is 70.2 Å². The van der Waals surface area contributed by atoms with Crippen LogP contribution in [0.2, 0.25) is 0 Å². The smallest absolute Gasteiger partial charge is 0.158 e. The van der Waals surface area contributed by atoms with E-state index >= 15 is 0 Å². The van der Waals surface area contributed by atoms with Crippen molar-refractivity contribution in [1.29, 1.82) is 0 Å². The van der Waals surface area contributed by atoms with Gasteiger partial charge in [-0.3, -0.25) is 4.90 Å². The van der Waals surface area contributed by atoms with E-state index in [0.717, 1.165) is 13.0 Å². The Bertz CT molecular complexity index is 240. The van der Waals surface area contributed by atoms with Crippen molar-refractivity contribution in [3.8, 4) is 0 Å². The van der Waals surface area contributed by atoms with E-state index in [1.165, 1.54) is 32.1 Å². The molecule has 0 heterocycles. The Hall–Kier alpha value is -0.160. The minimum absolute atomic E-state index is 0.0482. The van der Waals surface area contributed by atoms with Crippen LogP contribution in [-0.2, 0) is 9.47 Å². The quantitative estimate of drug-likeness (QED) is 0.689. The molecule has 1 unspecified atom stereocenters. The van der Waals surface area contributed by atoms with Crippen LogP contribution in [0.1, 0.15) is 52.4 Å².